The monoisotopic (exact) mass is 575 g/mol. The first-order valence-corrected chi connectivity index (χ1v) is 17.7. The van der Waals surface area contributed by atoms with E-state index in [-0.39, 0.29) is 0 Å². The molecule has 0 spiro atoms. The molecule has 3 heteroatoms. The summed E-state index contributed by atoms with van der Waals surface area (Å²) in [4.78, 5) is 0. The standard InChI is InChI=1S/C38H70O3/c1-3-5-7-9-11-13-15-17-19-21-23-25-27-29-31-33-35-39-37-41-38-40-36-34-32-30-28-26-24-22-20-18-16-14-12-10-8-6-4-2/h9-12,29-32H,3-8,13-28,33-38H2,1-2H3/b11-9-,12-10-,31-29-,32-30-. The molecule has 0 N–H and O–H groups in total. The maximum Gasteiger partial charge on any atom is 0.149 e. The molecule has 0 saturated heterocycles. The summed E-state index contributed by atoms with van der Waals surface area (Å²) in [7, 11) is 0. The molecule has 0 unspecified atom stereocenters. The molecule has 0 heterocycles. The third-order valence-electron chi connectivity index (χ3n) is 7.29. The minimum absolute atomic E-state index is 0.313. The van der Waals surface area contributed by atoms with Crippen LogP contribution in [-0.4, -0.2) is 26.8 Å². The summed E-state index contributed by atoms with van der Waals surface area (Å²) in [6.45, 7) is 6.56. The van der Waals surface area contributed by atoms with Crippen molar-refractivity contribution in [2.24, 2.45) is 0 Å². The lowest BCUT2D eigenvalue weighted by molar-refractivity contribution is -0.129. The van der Waals surface area contributed by atoms with Gasteiger partial charge in [-0.15, -0.1) is 0 Å². The van der Waals surface area contributed by atoms with Crippen molar-refractivity contribution in [3.63, 3.8) is 0 Å². The lowest BCUT2D eigenvalue weighted by atomic mass is 10.1. The molecule has 0 aromatic heterocycles. The van der Waals surface area contributed by atoms with Crippen molar-refractivity contribution in [2.75, 3.05) is 26.8 Å². The molecule has 0 aliphatic carbocycles. The minimum atomic E-state index is 0.313. The number of hydrogen-bond acceptors (Lipinski definition) is 3. The SMILES string of the molecule is CCCC/C=C\CCCCCCCC/C=C\CCOCOCOCC/C=C\CCCCCCCC/C=C\CCCC. The van der Waals surface area contributed by atoms with E-state index in [1.807, 2.05) is 0 Å². The van der Waals surface area contributed by atoms with E-state index in [0.29, 0.717) is 26.8 Å². The number of allylic oxidation sites excluding steroid dienone is 6. The Kier molecular flexibility index (Phi) is 37.7. The predicted molar refractivity (Wildman–Crippen MR) is 181 cm³/mol. The van der Waals surface area contributed by atoms with Gasteiger partial charge in [0.05, 0.1) is 13.2 Å². The van der Waals surface area contributed by atoms with Crippen LogP contribution in [0.25, 0.3) is 0 Å². The largest absolute Gasteiger partial charge is 0.355 e. The lowest BCUT2D eigenvalue weighted by Crippen LogP contribution is -2.05. The summed E-state index contributed by atoms with van der Waals surface area (Å²) < 4.78 is 16.4. The molecule has 0 amide bonds. The van der Waals surface area contributed by atoms with Crippen LogP contribution in [0.3, 0.4) is 0 Å². The van der Waals surface area contributed by atoms with Gasteiger partial charge in [-0.2, -0.15) is 0 Å². The fraction of sp³-hybridized carbons (Fsp3) is 0.789. The van der Waals surface area contributed by atoms with Crippen LogP contribution in [0.15, 0.2) is 48.6 Å². The molecule has 0 rings (SSSR count). The predicted octanol–water partition coefficient (Wildman–Crippen LogP) is 12.6. The molecule has 0 saturated carbocycles. The van der Waals surface area contributed by atoms with E-state index < -0.39 is 0 Å². The van der Waals surface area contributed by atoms with Gasteiger partial charge in [-0.05, 0) is 77.0 Å². The van der Waals surface area contributed by atoms with Crippen LogP contribution in [0.1, 0.15) is 168 Å². The highest BCUT2D eigenvalue weighted by Gasteiger charge is 1.93. The molecule has 0 radical (unpaired) electrons. The van der Waals surface area contributed by atoms with Crippen LogP contribution in [0.5, 0.6) is 0 Å². The molecule has 0 aliphatic rings. The maximum atomic E-state index is 5.51. The second kappa shape index (κ2) is 38.8. The van der Waals surface area contributed by atoms with Crippen LogP contribution >= 0.6 is 0 Å². The van der Waals surface area contributed by atoms with Gasteiger partial charge in [-0.1, -0.05) is 140 Å². The summed E-state index contributed by atoms with van der Waals surface area (Å²) in [6, 6.07) is 0. The van der Waals surface area contributed by atoms with Gasteiger partial charge in [-0.25, -0.2) is 0 Å². The average molecular weight is 575 g/mol. The molecular formula is C38H70O3. The van der Waals surface area contributed by atoms with Crippen LogP contribution < -0.4 is 0 Å². The molecular weight excluding hydrogens is 504 g/mol. The van der Waals surface area contributed by atoms with Gasteiger partial charge in [0.1, 0.15) is 13.6 Å². The fourth-order valence-electron chi connectivity index (χ4n) is 4.62. The maximum absolute atomic E-state index is 5.51. The third-order valence-corrected chi connectivity index (χ3v) is 7.29. The number of rotatable bonds is 34. The number of ether oxygens (including phenoxy) is 3. The lowest BCUT2D eigenvalue weighted by Gasteiger charge is -2.05. The van der Waals surface area contributed by atoms with E-state index in [0.717, 1.165) is 12.8 Å². The van der Waals surface area contributed by atoms with Gasteiger partial charge in [0, 0.05) is 0 Å². The van der Waals surface area contributed by atoms with Crippen molar-refractivity contribution in [1.29, 1.82) is 0 Å². The molecule has 240 valence electrons. The average Bonchev–Trinajstić information content (AvgIpc) is 2.98. The normalized spacial score (nSPS) is 12.3. The van der Waals surface area contributed by atoms with Gasteiger partial charge in [0.15, 0.2) is 0 Å². The van der Waals surface area contributed by atoms with Crippen molar-refractivity contribution in [2.45, 2.75) is 168 Å². The molecule has 3 nitrogen and oxygen atoms in total. The Morgan fingerprint density at radius 3 is 0.878 bits per heavy atom. The quantitative estimate of drug-likeness (QED) is 0.0434. The molecule has 0 fully saturated rings. The zero-order valence-corrected chi connectivity index (χ0v) is 27.6. The topological polar surface area (TPSA) is 27.7 Å². The van der Waals surface area contributed by atoms with Crippen molar-refractivity contribution < 1.29 is 14.2 Å². The van der Waals surface area contributed by atoms with Gasteiger partial charge < -0.3 is 14.2 Å². The van der Waals surface area contributed by atoms with Crippen LogP contribution in [0.2, 0.25) is 0 Å². The number of unbranched alkanes of at least 4 members (excludes halogenated alkanes) is 18. The summed E-state index contributed by atoms with van der Waals surface area (Å²) in [6.07, 6.45) is 49.5. The molecule has 0 aromatic rings. The Bertz CT molecular complexity index is 528. The van der Waals surface area contributed by atoms with Crippen molar-refractivity contribution >= 4 is 0 Å². The van der Waals surface area contributed by atoms with Crippen molar-refractivity contribution in [3.05, 3.63) is 48.6 Å². The molecule has 0 bridgehead atoms. The van der Waals surface area contributed by atoms with E-state index in [4.69, 9.17) is 14.2 Å². The summed E-state index contributed by atoms with van der Waals surface area (Å²) >= 11 is 0. The summed E-state index contributed by atoms with van der Waals surface area (Å²) in [5, 5.41) is 0. The third kappa shape index (κ3) is 38.8. The zero-order chi connectivity index (χ0) is 29.6. The zero-order valence-electron chi connectivity index (χ0n) is 27.6. The molecule has 0 atom stereocenters. The van der Waals surface area contributed by atoms with E-state index >= 15 is 0 Å². The van der Waals surface area contributed by atoms with E-state index in [9.17, 15) is 0 Å². The first-order valence-electron chi connectivity index (χ1n) is 17.7. The van der Waals surface area contributed by atoms with Gasteiger partial charge in [-0.3, -0.25) is 0 Å². The Balaban J connectivity index is 3.17. The van der Waals surface area contributed by atoms with Crippen molar-refractivity contribution in [1.82, 2.24) is 0 Å². The minimum Gasteiger partial charge on any atom is -0.355 e. The van der Waals surface area contributed by atoms with Crippen LogP contribution in [0.4, 0.5) is 0 Å². The van der Waals surface area contributed by atoms with E-state index in [1.54, 1.807) is 0 Å². The Labute approximate surface area is 257 Å². The Hall–Kier alpha value is -1.16. The molecule has 0 aromatic carbocycles. The highest BCUT2D eigenvalue weighted by molar-refractivity contribution is 4.83. The highest BCUT2D eigenvalue weighted by Crippen LogP contribution is 2.11. The van der Waals surface area contributed by atoms with E-state index in [1.165, 1.54) is 141 Å². The van der Waals surface area contributed by atoms with Crippen LogP contribution in [-0.2, 0) is 14.2 Å². The fourth-order valence-corrected chi connectivity index (χ4v) is 4.62. The second-order valence-corrected chi connectivity index (χ2v) is 11.4. The van der Waals surface area contributed by atoms with E-state index in [2.05, 4.69) is 62.5 Å². The first-order chi connectivity index (χ1) is 20.4. The first kappa shape index (κ1) is 39.8. The van der Waals surface area contributed by atoms with Crippen LogP contribution in [0, 0.1) is 0 Å². The Morgan fingerprint density at radius 2 is 0.561 bits per heavy atom. The molecule has 0 aliphatic heterocycles. The van der Waals surface area contributed by atoms with Gasteiger partial charge in [0.2, 0.25) is 0 Å². The van der Waals surface area contributed by atoms with Gasteiger partial charge >= 0.3 is 0 Å². The molecule has 41 heavy (non-hydrogen) atoms. The van der Waals surface area contributed by atoms with Gasteiger partial charge in [0.25, 0.3) is 0 Å². The van der Waals surface area contributed by atoms with Crippen molar-refractivity contribution in [3.8, 4) is 0 Å². The summed E-state index contributed by atoms with van der Waals surface area (Å²) in [5.74, 6) is 0. The Morgan fingerprint density at radius 1 is 0.293 bits per heavy atom. The number of hydrogen-bond donors (Lipinski definition) is 0. The highest BCUT2D eigenvalue weighted by atomic mass is 16.7. The summed E-state index contributed by atoms with van der Waals surface area (Å²) in [5.41, 5.74) is 0. The second-order valence-electron chi connectivity index (χ2n) is 11.4. The smallest absolute Gasteiger partial charge is 0.149 e.